The maximum atomic E-state index is 11.0. The zero-order valence-electron chi connectivity index (χ0n) is 16.8. The SMILES string of the molecule is Cn1nc(C(=O)O)cc1CNCCCN(Cc1ccccc1)Cc1ccccc1. The van der Waals surface area contributed by atoms with Crippen LogP contribution in [0.15, 0.2) is 66.7 Å². The molecule has 0 spiro atoms. The highest BCUT2D eigenvalue weighted by atomic mass is 16.4. The largest absolute Gasteiger partial charge is 0.476 e. The monoisotopic (exact) mass is 392 g/mol. The number of nitrogens with zero attached hydrogens (tertiary/aromatic N) is 3. The van der Waals surface area contributed by atoms with Crippen molar-refractivity contribution in [2.75, 3.05) is 13.1 Å². The summed E-state index contributed by atoms with van der Waals surface area (Å²) >= 11 is 0. The molecule has 0 fully saturated rings. The Morgan fingerprint density at radius 2 is 1.62 bits per heavy atom. The number of aryl methyl sites for hydroxylation is 1. The second-order valence-electron chi connectivity index (χ2n) is 7.16. The first kappa shape index (κ1) is 20.8. The molecule has 1 heterocycles. The summed E-state index contributed by atoms with van der Waals surface area (Å²) < 4.78 is 1.62. The Morgan fingerprint density at radius 1 is 1.03 bits per heavy atom. The third-order valence-electron chi connectivity index (χ3n) is 4.83. The number of rotatable bonds is 11. The molecule has 2 aromatic carbocycles. The lowest BCUT2D eigenvalue weighted by atomic mass is 10.1. The lowest BCUT2D eigenvalue weighted by Gasteiger charge is -2.23. The van der Waals surface area contributed by atoms with Crippen molar-refractivity contribution in [3.8, 4) is 0 Å². The molecular formula is C23H28N4O2. The molecule has 0 aliphatic carbocycles. The van der Waals surface area contributed by atoms with Gasteiger partial charge in [-0.05, 0) is 30.2 Å². The van der Waals surface area contributed by atoms with E-state index in [1.807, 2.05) is 12.1 Å². The molecule has 0 saturated heterocycles. The fourth-order valence-corrected chi connectivity index (χ4v) is 3.32. The Labute approximate surface area is 171 Å². The van der Waals surface area contributed by atoms with Gasteiger partial charge in [0.05, 0.1) is 5.69 Å². The maximum Gasteiger partial charge on any atom is 0.356 e. The molecule has 3 aromatic rings. The van der Waals surface area contributed by atoms with Crippen molar-refractivity contribution in [2.45, 2.75) is 26.1 Å². The van der Waals surface area contributed by atoms with Gasteiger partial charge in [0, 0.05) is 33.2 Å². The first-order valence-electron chi connectivity index (χ1n) is 9.89. The van der Waals surface area contributed by atoms with Crippen molar-refractivity contribution in [1.29, 1.82) is 0 Å². The van der Waals surface area contributed by atoms with E-state index >= 15 is 0 Å². The van der Waals surface area contributed by atoms with E-state index in [1.54, 1.807) is 17.8 Å². The second-order valence-corrected chi connectivity index (χ2v) is 7.16. The number of hydrogen-bond donors (Lipinski definition) is 2. The number of aromatic carboxylic acids is 1. The molecular weight excluding hydrogens is 364 g/mol. The highest BCUT2D eigenvalue weighted by Gasteiger charge is 2.11. The average Bonchev–Trinajstić information content (AvgIpc) is 3.10. The summed E-state index contributed by atoms with van der Waals surface area (Å²) in [5.74, 6) is -0.996. The number of nitrogens with one attached hydrogen (secondary N) is 1. The molecule has 6 nitrogen and oxygen atoms in total. The predicted octanol–water partition coefficient (Wildman–Crippen LogP) is 3.30. The molecule has 0 aliphatic heterocycles. The van der Waals surface area contributed by atoms with Crippen molar-refractivity contribution in [3.63, 3.8) is 0 Å². The summed E-state index contributed by atoms with van der Waals surface area (Å²) in [6.45, 7) is 4.27. The second kappa shape index (κ2) is 10.5. The van der Waals surface area contributed by atoms with Crippen LogP contribution in [0, 0.1) is 0 Å². The first-order valence-corrected chi connectivity index (χ1v) is 9.89. The molecule has 3 rings (SSSR count). The molecule has 1 aromatic heterocycles. The highest BCUT2D eigenvalue weighted by Crippen LogP contribution is 2.10. The summed E-state index contributed by atoms with van der Waals surface area (Å²) in [6.07, 6.45) is 1.00. The minimum Gasteiger partial charge on any atom is -0.476 e. The number of carbonyl (C=O) groups is 1. The first-order chi connectivity index (χ1) is 14.1. The van der Waals surface area contributed by atoms with Crippen LogP contribution in [0.25, 0.3) is 0 Å². The van der Waals surface area contributed by atoms with Gasteiger partial charge >= 0.3 is 5.97 Å². The molecule has 0 unspecified atom stereocenters. The molecule has 0 saturated carbocycles. The van der Waals surface area contributed by atoms with Crippen LogP contribution in [0.4, 0.5) is 0 Å². The quantitative estimate of drug-likeness (QED) is 0.490. The number of hydrogen-bond acceptors (Lipinski definition) is 4. The Kier molecular flexibility index (Phi) is 7.55. The van der Waals surface area contributed by atoms with Crippen LogP contribution in [0.5, 0.6) is 0 Å². The minimum absolute atomic E-state index is 0.0844. The molecule has 0 radical (unpaired) electrons. The maximum absolute atomic E-state index is 11.0. The van der Waals surface area contributed by atoms with E-state index in [2.05, 4.69) is 63.8 Å². The molecule has 2 N–H and O–H groups in total. The number of benzene rings is 2. The summed E-state index contributed by atoms with van der Waals surface area (Å²) in [6, 6.07) is 22.7. The standard InChI is InChI=1S/C23H28N4O2/c1-26-21(15-22(25-26)23(28)29)16-24-13-8-14-27(17-19-9-4-2-5-10-19)18-20-11-6-3-7-12-20/h2-7,9-12,15,24H,8,13-14,16-18H2,1H3,(H,28,29). The third kappa shape index (κ3) is 6.55. The summed E-state index contributed by atoms with van der Waals surface area (Å²) in [7, 11) is 1.77. The van der Waals surface area contributed by atoms with Gasteiger partial charge < -0.3 is 10.4 Å². The van der Waals surface area contributed by atoms with Gasteiger partial charge in [-0.2, -0.15) is 5.10 Å². The van der Waals surface area contributed by atoms with Gasteiger partial charge in [-0.3, -0.25) is 9.58 Å². The Balaban J connectivity index is 1.49. The Morgan fingerprint density at radius 3 is 2.14 bits per heavy atom. The highest BCUT2D eigenvalue weighted by molar-refractivity contribution is 5.85. The number of carboxylic acids is 1. The summed E-state index contributed by atoms with van der Waals surface area (Å²) in [4.78, 5) is 13.5. The summed E-state index contributed by atoms with van der Waals surface area (Å²) in [5, 5.41) is 16.4. The van der Waals surface area contributed by atoms with Crippen LogP contribution in [-0.2, 0) is 26.7 Å². The van der Waals surface area contributed by atoms with Crippen molar-refractivity contribution < 1.29 is 9.90 Å². The van der Waals surface area contributed by atoms with E-state index in [0.29, 0.717) is 6.54 Å². The fourth-order valence-electron chi connectivity index (χ4n) is 3.32. The van der Waals surface area contributed by atoms with Gasteiger partial charge in [-0.15, -0.1) is 0 Å². The molecule has 152 valence electrons. The number of aromatic nitrogens is 2. The molecule has 0 amide bonds. The van der Waals surface area contributed by atoms with Crippen molar-refractivity contribution in [2.24, 2.45) is 7.05 Å². The van der Waals surface area contributed by atoms with E-state index in [1.165, 1.54) is 11.1 Å². The van der Waals surface area contributed by atoms with E-state index in [4.69, 9.17) is 5.11 Å². The van der Waals surface area contributed by atoms with Crippen LogP contribution in [-0.4, -0.2) is 38.8 Å². The molecule has 0 bridgehead atoms. The topological polar surface area (TPSA) is 70.4 Å². The van der Waals surface area contributed by atoms with Crippen molar-refractivity contribution in [3.05, 3.63) is 89.2 Å². The van der Waals surface area contributed by atoms with Gasteiger partial charge in [0.25, 0.3) is 0 Å². The van der Waals surface area contributed by atoms with Crippen molar-refractivity contribution in [1.82, 2.24) is 20.0 Å². The Bertz CT molecular complexity index is 852. The molecule has 29 heavy (non-hydrogen) atoms. The van der Waals surface area contributed by atoms with E-state index in [0.717, 1.165) is 38.3 Å². The van der Waals surface area contributed by atoms with E-state index in [-0.39, 0.29) is 5.69 Å². The van der Waals surface area contributed by atoms with E-state index < -0.39 is 5.97 Å². The van der Waals surface area contributed by atoms with Crippen LogP contribution in [0.3, 0.4) is 0 Å². The minimum atomic E-state index is -0.996. The summed E-state index contributed by atoms with van der Waals surface area (Å²) in [5.41, 5.74) is 3.58. The van der Waals surface area contributed by atoms with Crippen LogP contribution in [0.1, 0.15) is 33.7 Å². The fraction of sp³-hybridized carbons (Fsp3) is 0.304. The molecule has 6 heteroatoms. The Hall–Kier alpha value is -2.96. The lowest BCUT2D eigenvalue weighted by Crippen LogP contribution is -2.27. The van der Waals surface area contributed by atoms with Gasteiger partial charge in [0.2, 0.25) is 0 Å². The normalized spacial score (nSPS) is 11.1. The van der Waals surface area contributed by atoms with E-state index in [9.17, 15) is 4.79 Å². The van der Waals surface area contributed by atoms with Gasteiger partial charge in [-0.1, -0.05) is 60.7 Å². The van der Waals surface area contributed by atoms with Crippen LogP contribution in [0.2, 0.25) is 0 Å². The van der Waals surface area contributed by atoms with Crippen LogP contribution < -0.4 is 5.32 Å². The third-order valence-corrected chi connectivity index (χ3v) is 4.83. The van der Waals surface area contributed by atoms with Gasteiger partial charge in [0.1, 0.15) is 0 Å². The molecule has 0 aliphatic rings. The van der Waals surface area contributed by atoms with Gasteiger partial charge in [0.15, 0.2) is 5.69 Å². The number of carboxylic acid groups (broad SMARTS) is 1. The van der Waals surface area contributed by atoms with Crippen molar-refractivity contribution >= 4 is 5.97 Å². The zero-order chi connectivity index (χ0) is 20.5. The predicted molar refractivity (Wildman–Crippen MR) is 113 cm³/mol. The molecule has 0 atom stereocenters. The average molecular weight is 393 g/mol. The lowest BCUT2D eigenvalue weighted by molar-refractivity contribution is 0.0689. The smallest absolute Gasteiger partial charge is 0.356 e. The zero-order valence-corrected chi connectivity index (χ0v) is 16.8. The van der Waals surface area contributed by atoms with Crippen LogP contribution >= 0.6 is 0 Å². The van der Waals surface area contributed by atoms with Gasteiger partial charge in [-0.25, -0.2) is 4.79 Å².